The predicted molar refractivity (Wildman–Crippen MR) is 128 cm³/mol. The smallest absolute Gasteiger partial charge is 0.266 e. The number of anilines is 1. The minimum atomic E-state index is -0.527. The van der Waals surface area contributed by atoms with E-state index in [-0.39, 0.29) is 18.0 Å². The van der Waals surface area contributed by atoms with Gasteiger partial charge in [0.25, 0.3) is 5.91 Å². The van der Waals surface area contributed by atoms with Gasteiger partial charge in [-0.2, -0.15) is 5.26 Å². The molecule has 8 nitrogen and oxygen atoms in total. The Labute approximate surface area is 196 Å². The summed E-state index contributed by atoms with van der Waals surface area (Å²) < 4.78 is 12.1. The van der Waals surface area contributed by atoms with Gasteiger partial charge in [-0.05, 0) is 48.5 Å². The van der Waals surface area contributed by atoms with Crippen molar-refractivity contribution in [1.82, 2.24) is 9.88 Å². The lowest BCUT2D eigenvalue weighted by atomic mass is 10.1. The summed E-state index contributed by atoms with van der Waals surface area (Å²) in [6.07, 6.45) is 4.84. The molecule has 0 radical (unpaired) electrons. The third-order valence-corrected chi connectivity index (χ3v) is 5.19. The minimum absolute atomic E-state index is 0.0546. The third-order valence-electron chi connectivity index (χ3n) is 5.19. The Kier molecular flexibility index (Phi) is 6.75. The lowest BCUT2D eigenvalue weighted by molar-refractivity contribution is -0.121. The van der Waals surface area contributed by atoms with Gasteiger partial charge in [-0.3, -0.25) is 9.59 Å². The van der Waals surface area contributed by atoms with Crippen molar-refractivity contribution in [2.24, 2.45) is 0 Å². The average molecular weight is 454 g/mol. The van der Waals surface area contributed by atoms with Gasteiger partial charge in [0.1, 0.15) is 29.7 Å². The molecule has 0 spiro atoms. The molecule has 0 aliphatic heterocycles. The lowest BCUT2D eigenvalue weighted by Crippen LogP contribution is -2.26. The predicted octanol–water partition coefficient (Wildman–Crippen LogP) is 4.10. The maximum absolute atomic E-state index is 12.7. The number of fused-ring (bicyclic) bond motifs is 1. The van der Waals surface area contributed by atoms with E-state index in [2.05, 4.69) is 10.6 Å². The van der Waals surface area contributed by atoms with Crippen molar-refractivity contribution in [3.8, 4) is 11.8 Å². The van der Waals surface area contributed by atoms with E-state index in [1.165, 1.54) is 6.08 Å². The van der Waals surface area contributed by atoms with Crippen LogP contribution in [-0.4, -0.2) is 23.5 Å². The van der Waals surface area contributed by atoms with Crippen molar-refractivity contribution < 1.29 is 18.7 Å². The molecule has 170 valence electrons. The fraction of sp³-hybridized carbons (Fsp3) is 0.115. The molecule has 0 aliphatic carbocycles. The Morgan fingerprint density at radius 2 is 1.91 bits per heavy atom. The van der Waals surface area contributed by atoms with Gasteiger partial charge in [0, 0.05) is 28.4 Å². The summed E-state index contributed by atoms with van der Waals surface area (Å²) in [4.78, 5) is 25.2. The first-order valence-corrected chi connectivity index (χ1v) is 10.5. The number of nitrogens with zero attached hydrogens (tertiary/aromatic N) is 2. The van der Waals surface area contributed by atoms with Crippen molar-refractivity contribution in [1.29, 1.82) is 5.26 Å². The summed E-state index contributed by atoms with van der Waals surface area (Å²) in [6, 6.07) is 19.8. The minimum Gasteiger partial charge on any atom is -0.497 e. The summed E-state index contributed by atoms with van der Waals surface area (Å²) in [5, 5.41) is 16.0. The molecule has 0 saturated heterocycles. The van der Waals surface area contributed by atoms with Crippen LogP contribution in [0, 0.1) is 11.3 Å². The second-order valence-corrected chi connectivity index (χ2v) is 7.44. The van der Waals surface area contributed by atoms with E-state index < -0.39 is 5.91 Å². The van der Waals surface area contributed by atoms with Crippen LogP contribution in [0.4, 0.5) is 5.69 Å². The van der Waals surface area contributed by atoms with Gasteiger partial charge in [-0.15, -0.1) is 0 Å². The van der Waals surface area contributed by atoms with Crippen molar-refractivity contribution in [3.05, 3.63) is 90.0 Å². The molecule has 0 bridgehead atoms. The molecule has 0 saturated carbocycles. The van der Waals surface area contributed by atoms with Gasteiger partial charge in [-0.1, -0.05) is 18.2 Å². The molecule has 4 rings (SSSR count). The molecule has 4 aromatic rings. The van der Waals surface area contributed by atoms with Crippen LogP contribution in [0.2, 0.25) is 0 Å². The summed E-state index contributed by atoms with van der Waals surface area (Å²) >= 11 is 0. The van der Waals surface area contributed by atoms with Crippen molar-refractivity contribution >= 4 is 34.5 Å². The Morgan fingerprint density at radius 3 is 2.62 bits per heavy atom. The average Bonchev–Trinajstić information content (AvgIpc) is 3.50. The zero-order valence-corrected chi connectivity index (χ0v) is 18.4. The first-order chi connectivity index (χ1) is 16.6. The monoisotopic (exact) mass is 454 g/mol. The second kappa shape index (κ2) is 10.2. The Morgan fingerprint density at radius 1 is 1.12 bits per heavy atom. The first-order valence-electron chi connectivity index (χ1n) is 10.5. The molecule has 34 heavy (non-hydrogen) atoms. The number of carbonyl (C=O) groups excluding carboxylic acids is 2. The number of para-hydroxylation sites is 1. The largest absolute Gasteiger partial charge is 0.497 e. The van der Waals surface area contributed by atoms with Crippen LogP contribution in [0.15, 0.2) is 83.1 Å². The number of nitriles is 1. The number of nitrogens with one attached hydrogen (secondary N) is 2. The van der Waals surface area contributed by atoms with E-state index in [4.69, 9.17) is 9.15 Å². The van der Waals surface area contributed by atoms with Crippen molar-refractivity contribution in [2.45, 2.75) is 13.1 Å². The fourth-order valence-corrected chi connectivity index (χ4v) is 3.51. The van der Waals surface area contributed by atoms with E-state index >= 15 is 0 Å². The van der Waals surface area contributed by atoms with Gasteiger partial charge in [-0.25, -0.2) is 0 Å². The number of carbonyl (C=O) groups is 2. The standard InChI is InChI=1S/C26H22N4O4/c1-33-21-10-8-20(9-11-21)29-26(32)18(14-27)13-19-16-30(24-7-3-2-6-23(19)24)17-25(31)28-15-22-5-4-12-34-22/h2-13,16H,15,17H2,1H3,(H,28,31)(H,29,32). The van der Waals surface area contributed by atoms with Crippen LogP contribution in [0.25, 0.3) is 17.0 Å². The molecule has 0 unspecified atom stereocenters. The maximum Gasteiger partial charge on any atom is 0.266 e. The summed E-state index contributed by atoms with van der Waals surface area (Å²) in [7, 11) is 1.56. The van der Waals surface area contributed by atoms with Crippen molar-refractivity contribution in [3.63, 3.8) is 0 Å². The normalized spacial score (nSPS) is 11.1. The van der Waals surface area contributed by atoms with E-state index in [1.54, 1.807) is 60.5 Å². The molecule has 0 atom stereocenters. The molecule has 2 amide bonds. The quantitative estimate of drug-likeness (QED) is 0.308. The Bertz CT molecular complexity index is 1380. The van der Waals surface area contributed by atoms with Crippen molar-refractivity contribution in [2.75, 3.05) is 12.4 Å². The van der Waals surface area contributed by atoms with Gasteiger partial charge in [0.2, 0.25) is 5.91 Å². The molecule has 0 aliphatic rings. The molecule has 2 aromatic heterocycles. The Hall–Kier alpha value is -4.77. The molecule has 2 N–H and O–H groups in total. The molecule has 8 heteroatoms. The highest BCUT2D eigenvalue weighted by Gasteiger charge is 2.14. The van der Waals surface area contributed by atoms with Gasteiger partial charge in [0.15, 0.2) is 0 Å². The molecular weight excluding hydrogens is 432 g/mol. The van der Waals surface area contributed by atoms with E-state index in [1.807, 2.05) is 30.3 Å². The number of aromatic nitrogens is 1. The maximum atomic E-state index is 12.7. The van der Waals surface area contributed by atoms with Crippen LogP contribution in [0.1, 0.15) is 11.3 Å². The summed E-state index contributed by atoms with van der Waals surface area (Å²) in [5.41, 5.74) is 1.97. The number of hydrogen-bond donors (Lipinski definition) is 2. The fourth-order valence-electron chi connectivity index (χ4n) is 3.51. The first kappa shape index (κ1) is 22.4. The van der Waals surface area contributed by atoms with Gasteiger partial charge in [0.05, 0.1) is 19.9 Å². The van der Waals surface area contributed by atoms with Gasteiger partial charge < -0.3 is 24.4 Å². The Balaban J connectivity index is 1.54. The topological polar surface area (TPSA) is 109 Å². The number of ether oxygens (including phenoxy) is 1. The SMILES string of the molecule is COc1ccc(NC(=O)C(C#N)=Cc2cn(CC(=O)NCc3ccco3)c3ccccc23)cc1. The highest BCUT2D eigenvalue weighted by molar-refractivity contribution is 6.10. The number of methoxy groups -OCH3 is 1. The van der Waals surface area contributed by atoms with E-state index in [9.17, 15) is 14.9 Å². The van der Waals surface area contributed by atoms with Crippen LogP contribution in [0.3, 0.4) is 0 Å². The number of rotatable bonds is 8. The van der Waals surface area contributed by atoms with Crippen LogP contribution in [-0.2, 0) is 22.7 Å². The molecule has 2 aromatic carbocycles. The van der Waals surface area contributed by atoms with Gasteiger partial charge >= 0.3 is 0 Å². The summed E-state index contributed by atoms with van der Waals surface area (Å²) in [6.45, 7) is 0.372. The number of hydrogen-bond acceptors (Lipinski definition) is 5. The number of amides is 2. The highest BCUT2D eigenvalue weighted by atomic mass is 16.5. The van der Waals surface area contributed by atoms with E-state index in [0.717, 1.165) is 10.9 Å². The third kappa shape index (κ3) is 5.16. The highest BCUT2D eigenvalue weighted by Crippen LogP contribution is 2.24. The zero-order valence-electron chi connectivity index (χ0n) is 18.4. The zero-order chi connectivity index (χ0) is 23.9. The van der Waals surface area contributed by atoms with Crippen LogP contribution >= 0.6 is 0 Å². The number of benzene rings is 2. The lowest BCUT2D eigenvalue weighted by Gasteiger charge is -2.06. The molecule has 0 fully saturated rings. The van der Waals surface area contributed by atoms with E-state index in [0.29, 0.717) is 29.3 Å². The number of furan rings is 1. The van der Waals surface area contributed by atoms with Crippen LogP contribution in [0.5, 0.6) is 5.75 Å². The molecular formula is C26H22N4O4. The second-order valence-electron chi connectivity index (χ2n) is 7.44. The molecule has 2 heterocycles. The summed E-state index contributed by atoms with van der Waals surface area (Å²) in [5.74, 6) is 0.608. The van der Waals surface area contributed by atoms with Crippen LogP contribution < -0.4 is 15.4 Å².